The van der Waals surface area contributed by atoms with Crippen molar-refractivity contribution in [1.82, 2.24) is 4.90 Å². The second-order valence-electron chi connectivity index (χ2n) is 4.93. The van der Waals surface area contributed by atoms with Crippen molar-refractivity contribution in [3.63, 3.8) is 0 Å². The van der Waals surface area contributed by atoms with Crippen LogP contribution in [0.15, 0.2) is 18.2 Å². The minimum atomic E-state index is -0.0351. The summed E-state index contributed by atoms with van der Waals surface area (Å²) in [5, 5.41) is 9.94. The summed E-state index contributed by atoms with van der Waals surface area (Å²) in [6.45, 7) is 1.63. The molecule has 1 aliphatic rings. The van der Waals surface area contributed by atoms with Crippen LogP contribution in [0.3, 0.4) is 0 Å². The first-order valence-electron chi connectivity index (χ1n) is 6.46. The van der Waals surface area contributed by atoms with E-state index in [1.54, 1.807) is 18.2 Å². The predicted octanol–water partition coefficient (Wildman–Crippen LogP) is 3.23. The summed E-state index contributed by atoms with van der Waals surface area (Å²) in [6.07, 6.45) is 2.80. The molecule has 1 atom stereocenters. The Bertz CT molecular complexity index is 443. The molecule has 5 heteroatoms. The quantitative estimate of drug-likeness (QED) is 0.931. The maximum atomic E-state index is 12.4. The zero-order valence-corrected chi connectivity index (χ0v) is 12.1. The molecule has 104 valence electrons. The second-order valence-corrected chi connectivity index (χ2v) is 5.80. The molecule has 1 aliphatic heterocycles. The van der Waals surface area contributed by atoms with Crippen LogP contribution in [-0.4, -0.2) is 35.6 Å². The first-order valence-corrected chi connectivity index (χ1v) is 7.22. The lowest BCUT2D eigenvalue weighted by molar-refractivity contribution is 0.0653. The Morgan fingerprint density at radius 3 is 2.63 bits per heavy atom. The van der Waals surface area contributed by atoms with Gasteiger partial charge in [-0.2, -0.15) is 0 Å². The minimum absolute atomic E-state index is 0.0351. The van der Waals surface area contributed by atoms with Crippen molar-refractivity contribution in [2.45, 2.75) is 19.3 Å². The van der Waals surface area contributed by atoms with Crippen molar-refractivity contribution in [2.75, 3.05) is 19.7 Å². The van der Waals surface area contributed by atoms with Crippen LogP contribution in [0.1, 0.15) is 29.6 Å². The number of carbonyl (C=O) groups excluding carboxylic acids is 1. The Kier molecular flexibility index (Phi) is 5.08. The van der Waals surface area contributed by atoms with Crippen LogP contribution >= 0.6 is 23.2 Å². The molecule has 0 spiro atoms. The van der Waals surface area contributed by atoms with Crippen molar-refractivity contribution in [3.8, 4) is 0 Å². The van der Waals surface area contributed by atoms with Crippen LogP contribution in [0.25, 0.3) is 0 Å². The van der Waals surface area contributed by atoms with Gasteiger partial charge in [0.15, 0.2) is 0 Å². The van der Waals surface area contributed by atoms with Crippen LogP contribution in [0.4, 0.5) is 0 Å². The van der Waals surface area contributed by atoms with E-state index in [1.165, 1.54) is 0 Å². The molecule has 1 N–H and O–H groups in total. The lowest BCUT2D eigenvalue weighted by atomic mass is 9.94. The number of benzene rings is 1. The van der Waals surface area contributed by atoms with Crippen LogP contribution in [0.5, 0.6) is 0 Å². The van der Waals surface area contributed by atoms with E-state index >= 15 is 0 Å². The summed E-state index contributed by atoms with van der Waals surface area (Å²) < 4.78 is 0. The molecular weight excluding hydrogens is 285 g/mol. The Hall–Kier alpha value is -0.770. The molecule has 0 aromatic heterocycles. The largest absolute Gasteiger partial charge is 0.396 e. The number of piperidine rings is 1. The van der Waals surface area contributed by atoms with Crippen molar-refractivity contribution in [3.05, 3.63) is 33.8 Å². The molecule has 1 unspecified atom stereocenters. The third-order valence-corrected chi connectivity index (χ3v) is 3.89. The number of carbonyl (C=O) groups is 1. The summed E-state index contributed by atoms with van der Waals surface area (Å²) in [6, 6.07) is 4.90. The fourth-order valence-corrected chi connectivity index (χ4v) is 3.05. The number of amides is 1. The van der Waals surface area contributed by atoms with Gasteiger partial charge < -0.3 is 10.0 Å². The molecule has 0 radical (unpaired) electrons. The number of hydrogen-bond acceptors (Lipinski definition) is 2. The molecule has 0 saturated carbocycles. The van der Waals surface area contributed by atoms with Gasteiger partial charge in [-0.1, -0.05) is 23.2 Å². The summed E-state index contributed by atoms with van der Waals surface area (Å²) in [5.41, 5.74) is 0.530. The molecule has 19 heavy (non-hydrogen) atoms. The van der Waals surface area contributed by atoms with E-state index in [2.05, 4.69) is 0 Å². The van der Waals surface area contributed by atoms with E-state index in [1.807, 2.05) is 4.90 Å². The molecule has 2 rings (SSSR count). The van der Waals surface area contributed by atoms with Gasteiger partial charge in [0, 0.05) is 35.3 Å². The molecule has 1 heterocycles. The van der Waals surface area contributed by atoms with E-state index < -0.39 is 0 Å². The highest BCUT2D eigenvalue weighted by atomic mass is 35.5. The maximum Gasteiger partial charge on any atom is 0.253 e. The number of hydrogen-bond donors (Lipinski definition) is 1. The van der Waals surface area contributed by atoms with Crippen LogP contribution < -0.4 is 0 Å². The van der Waals surface area contributed by atoms with E-state index in [0.29, 0.717) is 28.1 Å². The van der Waals surface area contributed by atoms with Gasteiger partial charge in [0.05, 0.1) is 0 Å². The van der Waals surface area contributed by atoms with Gasteiger partial charge in [-0.25, -0.2) is 0 Å². The standard InChI is InChI=1S/C14H17Cl2NO2/c15-12-6-11(7-13(16)8-12)14(19)17-4-1-2-10(9-17)3-5-18/h6-8,10,18H,1-5,9H2. The van der Waals surface area contributed by atoms with Crippen LogP contribution in [-0.2, 0) is 0 Å². The molecule has 3 nitrogen and oxygen atoms in total. The van der Waals surface area contributed by atoms with Gasteiger partial charge in [-0.15, -0.1) is 0 Å². The number of likely N-dealkylation sites (tertiary alicyclic amines) is 1. The fraction of sp³-hybridized carbons (Fsp3) is 0.500. The minimum Gasteiger partial charge on any atom is -0.396 e. The smallest absolute Gasteiger partial charge is 0.253 e. The SMILES string of the molecule is O=C(c1cc(Cl)cc(Cl)c1)N1CCCC(CCO)C1. The summed E-state index contributed by atoms with van der Waals surface area (Å²) in [5.74, 6) is 0.351. The average molecular weight is 302 g/mol. The average Bonchev–Trinajstić information content (AvgIpc) is 2.37. The molecular formula is C14H17Cl2NO2. The number of rotatable bonds is 3. The highest BCUT2D eigenvalue weighted by Gasteiger charge is 2.24. The van der Waals surface area contributed by atoms with Gasteiger partial charge in [-0.3, -0.25) is 4.79 Å². The third kappa shape index (κ3) is 3.85. The molecule has 0 aliphatic carbocycles. The van der Waals surface area contributed by atoms with Gasteiger partial charge in [0.25, 0.3) is 5.91 Å². The third-order valence-electron chi connectivity index (χ3n) is 3.45. The maximum absolute atomic E-state index is 12.4. The van der Waals surface area contributed by atoms with E-state index in [4.69, 9.17) is 28.3 Å². The molecule has 1 saturated heterocycles. The molecule has 1 aromatic rings. The highest BCUT2D eigenvalue weighted by Crippen LogP contribution is 2.24. The zero-order valence-electron chi connectivity index (χ0n) is 10.6. The van der Waals surface area contributed by atoms with Gasteiger partial charge in [0.1, 0.15) is 0 Å². The van der Waals surface area contributed by atoms with Crippen molar-refractivity contribution in [2.24, 2.45) is 5.92 Å². The molecule has 1 amide bonds. The Morgan fingerprint density at radius 2 is 2.00 bits per heavy atom. The Balaban J connectivity index is 2.10. The normalized spacial score (nSPS) is 19.5. The Morgan fingerprint density at radius 1 is 1.32 bits per heavy atom. The summed E-state index contributed by atoms with van der Waals surface area (Å²) in [4.78, 5) is 14.2. The Labute approximate surface area is 123 Å². The van der Waals surface area contributed by atoms with Gasteiger partial charge in [0.2, 0.25) is 0 Å². The monoisotopic (exact) mass is 301 g/mol. The van der Waals surface area contributed by atoms with Crippen molar-refractivity contribution < 1.29 is 9.90 Å². The van der Waals surface area contributed by atoms with Gasteiger partial charge >= 0.3 is 0 Å². The van der Waals surface area contributed by atoms with Crippen molar-refractivity contribution in [1.29, 1.82) is 0 Å². The lowest BCUT2D eigenvalue weighted by Gasteiger charge is -2.32. The van der Waals surface area contributed by atoms with Crippen molar-refractivity contribution >= 4 is 29.1 Å². The number of aliphatic hydroxyl groups excluding tert-OH is 1. The number of halogens is 2. The molecule has 1 fully saturated rings. The zero-order chi connectivity index (χ0) is 13.8. The van der Waals surface area contributed by atoms with E-state index in [9.17, 15) is 4.79 Å². The molecule has 1 aromatic carbocycles. The van der Waals surface area contributed by atoms with E-state index in [-0.39, 0.29) is 12.5 Å². The van der Waals surface area contributed by atoms with Gasteiger partial charge in [-0.05, 0) is 43.4 Å². The highest BCUT2D eigenvalue weighted by molar-refractivity contribution is 6.35. The van der Waals surface area contributed by atoms with E-state index in [0.717, 1.165) is 25.8 Å². The second kappa shape index (κ2) is 6.60. The topological polar surface area (TPSA) is 40.5 Å². The number of nitrogens with zero attached hydrogens (tertiary/aromatic N) is 1. The fourth-order valence-electron chi connectivity index (χ4n) is 2.53. The molecule has 0 bridgehead atoms. The van der Waals surface area contributed by atoms with Crippen LogP contribution in [0.2, 0.25) is 10.0 Å². The first-order chi connectivity index (χ1) is 9.10. The number of aliphatic hydroxyl groups is 1. The summed E-state index contributed by atoms with van der Waals surface area (Å²) >= 11 is 11.8. The van der Waals surface area contributed by atoms with Crippen LogP contribution in [0, 0.1) is 5.92 Å². The summed E-state index contributed by atoms with van der Waals surface area (Å²) in [7, 11) is 0. The first kappa shape index (κ1) is 14.6. The lowest BCUT2D eigenvalue weighted by Crippen LogP contribution is -2.40. The predicted molar refractivity (Wildman–Crippen MR) is 76.8 cm³/mol.